The van der Waals surface area contributed by atoms with Gasteiger partial charge in [-0.1, -0.05) is 12.1 Å². The van der Waals surface area contributed by atoms with E-state index in [1.807, 2.05) is 38.1 Å². The van der Waals surface area contributed by atoms with E-state index < -0.39 is 6.10 Å². The van der Waals surface area contributed by atoms with Gasteiger partial charge in [0, 0.05) is 32.2 Å². The van der Waals surface area contributed by atoms with Gasteiger partial charge < -0.3 is 19.9 Å². The summed E-state index contributed by atoms with van der Waals surface area (Å²) in [7, 11) is 2.11. The number of hydrogen-bond acceptors (Lipinski definition) is 6. The van der Waals surface area contributed by atoms with Crippen molar-refractivity contribution in [2.24, 2.45) is 0 Å². The second-order valence-corrected chi connectivity index (χ2v) is 7.07. The van der Waals surface area contributed by atoms with E-state index in [4.69, 9.17) is 4.74 Å². The van der Waals surface area contributed by atoms with Crippen molar-refractivity contribution >= 4 is 17.5 Å². The molecule has 1 aromatic carbocycles. The van der Waals surface area contributed by atoms with Crippen LogP contribution in [0.15, 0.2) is 30.6 Å². The van der Waals surface area contributed by atoms with Crippen molar-refractivity contribution < 1.29 is 9.53 Å². The molecular weight excluding hydrogens is 342 g/mol. The Balaban J connectivity index is 1.63. The molecule has 0 bridgehead atoms. The monoisotopic (exact) mass is 369 g/mol. The summed E-state index contributed by atoms with van der Waals surface area (Å²) in [6.45, 7) is 9.50. The zero-order valence-corrected chi connectivity index (χ0v) is 16.4. The lowest BCUT2D eigenvalue weighted by Gasteiger charge is -2.33. The number of nitrogens with one attached hydrogen (secondary N) is 1. The number of hydrogen-bond donors (Lipinski definition) is 1. The Kier molecular flexibility index (Phi) is 5.91. The minimum Gasteiger partial charge on any atom is -0.481 e. The van der Waals surface area contributed by atoms with E-state index in [2.05, 4.69) is 32.1 Å². The topological polar surface area (TPSA) is 70.6 Å². The predicted octanol–water partition coefficient (Wildman–Crippen LogP) is 2.25. The van der Waals surface area contributed by atoms with E-state index in [9.17, 15) is 4.79 Å². The van der Waals surface area contributed by atoms with Crippen LogP contribution in [0.2, 0.25) is 0 Å². The van der Waals surface area contributed by atoms with Gasteiger partial charge in [-0.15, -0.1) is 0 Å². The van der Waals surface area contributed by atoms with Crippen LogP contribution in [0.1, 0.15) is 18.1 Å². The van der Waals surface area contributed by atoms with Gasteiger partial charge in [0.1, 0.15) is 23.7 Å². The summed E-state index contributed by atoms with van der Waals surface area (Å²) < 4.78 is 5.85. The van der Waals surface area contributed by atoms with Gasteiger partial charge >= 0.3 is 0 Å². The zero-order chi connectivity index (χ0) is 19.4. The van der Waals surface area contributed by atoms with E-state index in [0.717, 1.165) is 48.9 Å². The van der Waals surface area contributed by atoms with Crippen molar-refractivity contribution in [1.29, 1.82) is 0 Å². The lowest BCUT2D eigenvalue weighted by Crippen LogP contribution is -2.44. The van der Waals surface area contributed by atoms with Crippen LogP contribution in [-0.2, 0) is 4.79 Å². The number of carbonyl (C=O) groups is 1. The summed E-state index contributed by atoms with van der Waals surface area (Å²) in [6, 6.07) is 7.76. The van der Waals surface area contributed by atoms with E-state index in [0.29, 0.717) is 5.82 Å². The third-order valence-electron chi connectivity index (χ3n) is 4.75. The number of carbonyl (C=O) groups excluding carboxylic acids is 1. The minimum absolute atomic E-state index is 0.237. The summed E-state index contributed by atoms with van der Waals surface area (Å²) in [4.78, 5) is 25.5. The summed E-state index contributed by atoms with van der Waals surface area (Å²) >= 11 is 0. The lowest BCUT2D eigenvalue weighted by atomic mass is 10.1. The van der Waals surface area contributed by atoms with Crippen LogP contribution >= 0.6 is 0 Å². The summed E-state index contributed by atoms with van der Waals surface area (Å²) in [5.74, 6) is 1.80. The molecule has 1 amide bonds. The van der Waals surface area contributed by atoms with Gasteiger partial charge in [0.05, 0.1) is 0 Å². The van der Waals surface area contributed by atoms with Crippen molar-refractivity contribution in [1.82, 2.24) is 14.9 Å². The second-order valence-electron chi connectivity index (χ2n) is 7.07. The van der Waals surface area contributed by atoms with E-state index >= 15 is 0 Å². The van der Waals surface area contributed by atoms with Crippen molar-refractivity contribution in [3.63, 3.8) is 0 Å². The average Bonchev–Trinajstić information content (AvgIpc) is 2.65. The third kappa shape index (κ3) is 4.95. The molecule has 0 spiro atoms. The quantitative estimate of drug-likeness (QED) is 0.872. The number of benzene rings is 1. The molecule has 7 heteroatoms. The zero-order valence-electron chi connectivity index (χ0n) is 16.4. The van der Waals surface area contributed by atoms with Crippen molar-refractivity contribution in [2.45, 2.75) is 26.9 Å². The van der Waals surface area contributed by atoms with Gasteiger partial charge in [-0.25, -0.2) is 9.97 Å². The minimum atomic E-state index is -0.632. The molecule has 2 heterocycles. The first-order chi connectivity index (χ1) is 12.9. The predicted molar refractivity (Wildman–Crippen MR) is 106 cm³/mol. The number of nitrogens with zero attached hydrogens (tertiary/aromatic N) is 4. The molecule has 27 heavy (non-hydrogen) atoms. The Hall–Kier alpha value is -2.67. The summed E-state index contributed by atoms with van der Waals surface area (Å²) in [6.07, 6.45) is 0.854. The maximum atomic E-state index is 12.5. The lowest BCUT2D eigenvalue weighted by molar-refractivity contribution is -0.122. The van der Waals surface area contributed by atoms with Crippen molar-refractivity contribution in [2.75, 3.05) is 43.4 Å². The molecule has 0 aliphatic carbocycles. The number of rotatable bonds is 5. The fourth-order valence-electron chi connectivity index (χ4n) is 2.93. The van der Waals surface area contributed by atoms with Crippen molar-refractivity contribution in [3.05, 3.63) is 41.7 Å². The fraction of sp³-hybridized carbons (Fsp3) is 0.450. The summed E-state index contributed by atoms with van der Waals surface area (Å²) in [5, 5.41) is 2.83. The first-order valence-corrected chi connectivity index (χ1v) is 9.22. The number of aryl methyl sites for hydroxylation is 2. The van der Waals surface area contributed by atoms with Crippen LogP contribution in [0.4, 0.5) is 11.6 Å². The molecular formula is C20H27N5O2. The maximum Gasteiger partial charge on any atom is 0.266 e. The smallest absolute Gasteiger partial charge is 0.266 e. The molecule has 1 aliphatic rings. The molecule has 1 N–H and O–H groups in total. The number of ether oxygens (including phenoxy) is 1. The van der Waals surface area contributed by atoms with Gasteiger partial charge in [-0.05, 0) is 45.0 Å². The van der Waals surface area contributed by atoms with Crippen LogP contribution in [0, 0.1) is 13.8 Å². The molecule has 1 saturated heterocycles. The molecule has 1 aliphatic heterocycles. The van der Waals surface area contributed by atoms with E-state index in [1.165, 1.54) is 6.33 Å². The standard InChI is InChI=1S/C20H27N5O2/c1-14-5-6-15(2)17(11-14)27-16(3)20(26)23-18-12-19(22-13-21-18)25-9-7-24(4)8-10-25/h5-6,11-13,16H,7-10H2,1-4H3,(H,21,22,23,26). The number of amides is 1. The number of piperazine rings is 1. The molecule has 0 radical (unpaired) electrons. The molecule has 1 fully saturated rings. The highest BCUT2D eigenvalue weighted by Gasteiger charge is 2.19. The van der Waals surface area contributed by atoms with E-state index in [1.54, 1.807) is 6.92 Å². The van der Waals surface area contributed by atoms with Crippen LogP contribution in [0.3, 0.4) is 0 Å². The molecule has 2 aromatic rings. The highest BCUT2D eigenvalue weighted by Crippen LogP contribution is 2.21. The van der Waals surface area contributed by atoms with Crippen LogP contribution in [0.25, 0.3) is 0 Å². The second kappa shape index (κ2) is 8.35. The van der Waals surface area contributed by atoms with Crippen LogP contribution in [0.5, 0.6) is 5.75 Å². The molecule has 7 nitrogen and oxygen atoms in total. The first kappa shape index (κ1) is 19.1. The highest BCUT2D eigenvalue weighted by atomic mass is 16.5. The molecule has 0 saturated carbocycles. The number of likely N-dealkylation sites (N-methyl/N-ethyl adjacent to an activating group) is 1. The SMILES string of the molecule is Cc1ccc(C)c(OC(C)C(=O)Nc2cc(N3CCN(C)CC3)ncn2)c1. The fourth-order valence-corrected chi connectivity index (χ4v) is 2.93. The van der Waals surface area contributed by atoms with E-state index in [-0.39, 0.29) is 5.91 Å². The van der Waals surface area contributed by atoms with Crippen molar-refractivity contribution in [3.8, 4) is 5.75 Å². The molecule has 1 unspecified atom stereocenters. The summed E-state index contributed by atoms with van der Waals surface area (Å²) in [5.41, 5.74) is 2.09. The molecule has 144 valence electrons. The Morgan fingerprint density at radius 2 is 1.89 bits per heavy atom. The Morgan fingerprint density at radius 1 is 1.15 bits per heavy atom. The average molecular weight is 369 g/mol. The normalized spacial score (nSPS) is 16.1. The molecule has 1 aromatic heterocycles. The Labute approximate surface area is 160 Å². The van der Waals surface area contributed by atoms with Crippen LogP contribution in [-0.4, -0.2) is 60.1 Å². The molecule has 1 atom stereocenters. The van der Waals surface area contributed by atoms with Gasteiger partial charge in [-0.3, -0.25) is 4.79 Å². The number of aromatic nitrogens is 2. The highest BCUT2D eigenvalue weighted by molar-refractivity contribution is 5.93. The van der Waals surface area contributed by atoms with Gasteiger partial charge in [0.15, 0.2) is 6.10 Å². The molecule has 3 rings (SSSR count). The van der Waals surface area contributed by atoms with Gasteiger partial charge in [0.2, 0.25) is 0 Å². The largest absolute Gasteiger partial charge is 0.481 e. The van der Waals surface area contributed by atoms with Gasteiger partial charge in [0.25, 0.3) is 5.91 Å². The Bertz CT molecular complexity index is 803. The van der Waals surface area contributed by atoms with Gasteiger partial charge in [-0.2, -0.15) is 0 Å². The Morgan fingerprint density at radius 3 is 2.63 bits per heavy atom. The van der Waals surface area contributed by atoms with Crippen LogP contribution < -0.4 is 15.0 Å². The third-order valence-corrected chi connectivity index (χ3v) is 4.75. The number of anilines is 2. The first-order valence-electron chi connectivity index (χ1n) is 9.22. The maximum absolute atomic E-state index is 12.5.